The van der Waals surface area contributed by atoms with Crippen molar-refractivity contribution in [2.75, 3.05) is 0 Å². The summed E-state index contributed by atoms with van der Waals surface area (Å²) in [7, 11) is 1.92. The molecule has 0 fully saturated rings. The monoisotopic (exact) mass is 248 g/mol. The van der Waals surface area contributed by atoms with Crippen LogP contribution in [-0.2, 0) is 20.0 Å². The minimum absolute atomic E-state index is 0.425. The highest BCUT2D eigenvalue weighted by molar-refractivity contribution is 5.61. The van der Waals surface area contributed by atoms with Crippen LogP contribution in [0.2, 0.25) is 0 Å². The Bertz CT molecular complexity index is 513. The second-order valence-corrected chi connectivity index (χ2v) is 4.68. The molecule has 0 aliphatic rings. The quantitative estimate of drug-likeness (QED) is 0.880. The molecule has 1 N–H and O–H groups in total. The van der Waals surface area contributed by atoms with Gasteiger partial charge in [0.1, 0.15) is 5.69 Å². The molecule has 2 rings (SSSR count). The molecule has 5 nitrogen and oxygen atoms in total. The minimum atomic E-state index is 0.425. The van der Waals surface area contributed by atoms with Gasteiger partial charge >= 0.3 is 0 Å². The third-order valence-corrected chi connectivity index (χ3v) is 2.80. The molecule has 98 valence electrons. The van der Waals surface area contributed by atoms with Gasteiger partial charge in [-0.1, -0.05) is 20.8 Å². The standard InChI is InChI=1S/C13H20N4O/c1-5-11-10(7-17(4)16-11)13-12(15-8-18-13)6-14-9(2)3/h7-9,14H,5-6H2,1-4H3. The Morgan fingerprint density at radius 1 is 1.39 bits per heavy atom. The summed E-state index contributed by atoms with van der Waals surface area (Å²) in [6.45, 7) is 7.03. The number of nitrogens with zero attached hydrogens (tertiary/aromatic N) is 3. The molecule has 2 aromatic rings. The van der Waals surface area contributed by atoms with Gasteiger partial charge < -0.3 is 9.73 Å². The van der Waals surface area contributed by atoms with Crippen molar-refractivity contribution >= 4 is 0 Å². The molecule has 5 heteroatoms. The van der Waals surface area contributed by atoms with Crippen molar-refractivity contribution in [2.45, 2.75) is 39.8 Å². The Kier molecular flexibility index (Phi) is 3.81. The fourth-order valence-corrected chi connectivity index (χ4v) is 1.90. The summed E-state index contributed by atoms with van der Waals surface area (Å²) in [6.07, 6.45) is 4.37. The van der Waals surface area contributed by atoms with Crippen LogP contribution in [0.25, 0.3) is 11.3 Å². The van der Waals surface area contributed by atoms with Crippen molar-refractivity contribution in [3.8, 4) is 11.3 Å². The van der Waals surface area contributed by atoms with E-state index in [0.29, 0.717) is 12.6 Å². The van der Waals surface area contributed by atoms with Gasteiger partial charge in [0.15, 0.2) is 12.2 Å². The Morgan fingerprint density at radius 3 is 2.83 bits per heavy atom. The number of nitrogens with one attached hydrogen (secondary N) is 1. The van der Waals surface area contributed by atoms with Gasteiger partial charge in [0.25, 0.3) is 0 Å². The van der Waals surface area contributed by atoms with Gasteiger partial charge in [0.05, 0.1) is 11.3 Å². The highest BCUT2D eigenvalue weighted by Gasteiger charge is 2.16. The fourth-order valence-electron chi connectivity index (χ4n) is 1.90. The second kappa shape index (κ2) is 5.35. The van der Waals surface area contributed by atoms with E-state index in [4.69, 9.17) is 4.42 Å². The number of aryl methyl sites for hydroxylation is 2. The normalized spacial score (nSPS) is 11.4. The minimum Gasteiger partial charge on any atom is -0.443 e. The van der Waals surface area contributed by atoms with E-state index in [0.717, 1.165) is 29.1 Å². The number of rotatable bonds is 5. The molecule has 0 unspecified atom stereocenters. The highest BCUT2D eigenvalue weighted by atomic mass is 16.3. The Hall–Kier alpha value is -1.62. The van der Waals surface area contributed by atoms with E-state index in [9.17, 15) is 0 Å². The number of hydrogen-bond acceptors (Lipinski definition) is 4. The first-order valence-corrected chi connectivity index (χ1v) is 6.30. The Labute approximate surface area is 107 Å². The van der Waals surface area contributed by atoms with Gasteiger partial charge in [-0.2, -0.15) is 5.10 Å². The molecule has 0 spiro atoms. The lowest BCUT2D eigenvalue weighted by Gasteiger charge is -2.06. The zero-order valence-electron chi connectivity index (χ0n) is 11.4. The summed E-state index contributed by atoms with van der Waals surface area (Å²) in [5, 5.41) is 7.78. The molecule has 18 heavy (non-hydrogen) atoms. The summed E-state index contributed by atoms with van der Waals surface area (Å²) >= 11 is 0. The predicted octanol–water partition coefficient (Wildman–Crippen LogP) is 2.14. The van der Waals surface area contributed by atoms with Crippen molar-refractivity contribution in [3.63, 3.8) is 0 Å². The van der Waals surface area contributed by atoms with E-state index < -0.39 is 0 Å². The van der Waals surface area contributed by atoms with Crippen LogP contribution < -0.4 is 5.32 Å². The van der Waals surface area contributed by atoms with Crippen molar-refractivity contribution < 1.29 is 4.42 Å². The number of aromatic nitrogens is 3. The van der Waals surface area contributed by atoms with Crippen LogP contribution in [-0.4, -0.2) is 20.8 Å². The van der Waals surface area contributed by atoms with Crippen LogP contribution in [0.5, 0.6) is 0 Å². The molecule has 0 saturated heterocycles. The van der Waals surface area contributed by atoms with E-state index in [1.165, 1.54) is 6.39 Å². The van der Waals surface area contributed by atoms with Crippen LogP contribution >= 0.6 is 0 Å². The maximum Gasteiger partial charge on any atom is 0.181 e. The van der Waals surface area contributed by atoms with Crippen LogP contribution in [0.4, 0.5) is 0 Å². The van der Waals surface area contributed by atoms with Gasteiger partial charge in [-0.25, -0.2) is 4.98 Å². The SMILES string of the molecule is CCc1nn(C)cc1-c1ocnc1CNC(C)C. The molecule has 2 aromatic heterocycles. The van der Waals surface area contributed by atoms with E-state index in [2.05, 4.69) is 36.2 Å². The maximum atomic E-state index is 5.53. The molecule has 0 radical (unpaired) electrons. The first-order valence-electron chi connectivity index (χ1n) is 6.30. The topological polar surface area (TPSA) is 55.9 Å². The zero-order chi connectivity index (χ0) is 13.1. The highest BCUT2D eigenvalue weighted by Crippen LogP contribution is 2.26. The zero-order valence-corrected chi connectivity index (χ0v) is 11.4. The third-order valence-electron chi connectivity index (χ3n) is 2.80. The lowest BCUT2D eigenvalue weighted by Crippen LogP contribution is -2.22. The lowest BCUT2D eigenvalue weighted by atomic mass is 10.1. The van der Waals surface area contributed by atoms with E-state index in [1.54, 1.807) is 0 Å². The number of oxazole rings is 1. The van der Waals surface area contributed by atoms with Gasteiger partial charge in [-0.15, -0.1) is 0 Å². The predicted molar refractivity (Wildman–Crippen MR) is 70.1 cm³/mol. The second-order valence-electron chi connectivity index (χ2n) is 4.68. The average Bonchev–Trinajstić information content (AvgIpc) is 2.91. The molecule has 0 atom stereocenters. The van der Waals surface area contributed by atoms with Gasteiger partial charge in [0.2, 0.25) is 0 Å². The Morgan fingerprint density at radius 2 is 2.17 bits per heavy atom. The van der Waals surface area contributed by atoms with E-state index in [-0.39, 0.29) is 0 Å². The van der Waals surface area contributed by atoms with Crippen LogP contribution in [0.15, 0.2) is 17.0 Å². The van der Waals surface area contributed by atoms with E-state index in [1.807, 2.05) is 17.9 Å². The molecule has 0 saturated carbocycles. The maximum absolute atomic E-state index is 5.53. The fraction of sp³-hybridized carbons (Fsp3) is 0.538. The third kappa shape index (κ3) is 2.61. The first kappa shape index (κ1) is 12.8. The number of hydrogen-bond donors (Lipinski definition) is 1. The molecule has 2 heterocycles. The summed E-state index contributed by atoms with van der Waals surface area (Å²) < 4.78 is 7.35. The molecular weight excluding hydrogens is 228 g/mol. The molecular formula is C13H20N4O. The first-order chi connectivity index (χ1) is 8.61. The van der Waals surface area contributed by atoms with E-state index >= 15 is 0 Å². The molecule has 0 aliphatic carbocycles. The molecule has 0 aromatic carbocycles. The van der Waals surface area contributed by atoms with Crippen LogP contribution in [0, 0.1) is 0 Å². The molecule has 0 bridgehead atoms. The summed E-state index contributed by atoms with van der Waals surface area (Å²) in [6, 6.07) is 0.425. The Balaban J connectivity index is 2.30. The van der Waals surface area contributed by atoms with Crippen molar-refractivity contribution in [3.05, 3.63) is 24.0 Å². The summed E-state index contributed by atoms with van der Waals surface area (Å²) in [5.74, 6) is 0.827. The molecule has 0 amide bonds. The van der Waals surface area contributed by atoms with Crippen molar-refractivity contribution in [1.82, 2.24) is 20.1 Å². The molecule has 0 aliphatic heterocycles. The van der Waals surface area contributed by atoms with Gasteiger partial charge in [0, 0.05) is 25.8 Å². The summed E-state index contributed by atoms with van der Waals surface area (Å²) in [4.78, 5) is 4.28. The smallest absolute Gasteiger partial charge is 0.181 e. The van der Waals surface area contributed by atoms with Crippen molar-refractivity contribution in [2.24, 2.45) is 7.05 Å². The van der Waals surface area contributed by atoms with Crippen LogP contribution in [0.1, 0.15) is 32.2 Å². The van der Waals surface area contributed by atoms with Gasteiger partial charge in [-0.05, 0) is 6.42 Å². The largest absolute Gasteiger partial charge is 0.443 e. The lowest BCUT2D eigenvalue weighted by molar-refractivity contribution is 0.562. The average molecular weight is 248 g/mol. The van der Waals surface area contributed by atoms with Crippen molar-refractivity contribution in [1.29, 1.82) is 0 Å². The van der Waals surface area contributed by atoms with Gasteiger partial charge in [-0.3, -0.25) is 4.68 Å². The van der Waals surface area contributed by atoms with Crippen LogP contribution in [0.3, 0.4) is 0 Å². The summed E-state index contributed by atoms with van der Waals surface area (Å²) in [5.41, 5.74) is 3.02.